The van der Waals surface area contributed by atoms with Gasteiger partial charge in [0.05, 0.1) is 12.2 Å². The van der Waals surface area contributed by atoms with Crippen molar-refractivity contribution in [1.29, 1.82) is 0 Å². The summed E-state index contributed by atoms with van der Waals surface area (Å²) in [7, 11) is 0. The first-order chi connectivity index (χ1) is 12.0. The van der Waals surface area contributed by atoms with E-state index in [1.54, 1.807) is 0 Å². The molecule has 0 spiro atoms. The van der Waals surface area contributed by atoms with Crippen LogP contribution in [0.2, 0.25) is 0 Å². The van der Waals surface area contributed by atoms with Gasteiger partial charge in [0.25, 0.3) is 0 Å². The van der Waals surface area contributed by atoms with E-state index < -0.39 is 12.2 Å². The molecule has 4 N–H and O–H groups in total. The molecule has 0 radical (unpaired) electrons. The van der Waals surface area contributed by atoms with Gasteiger partial charge in [0.15, 0.2) is 0 Å². The molecule has 2 saturated carbocycles. The lowest BCUT2D eigenvalue weighted by Gasteiger charge is -2.44. The summed E-state index contributed by atoms with van der Waals surface area (Å²) in [5.74, 6) is 2.96. The van der Waals surface area contributed by atoms with Crippen molar-refractivity contribution in [1.82, 2.24) is 4.90 Å². The van der Waals surface area contributed by atoms with E-state index in [0.717, 1.165) is 43.8 Å². The van der Waals surface area contributed by atoms with Gasteiger partial charge in [-0.2, -0.15) is 0 Å². The van der Waals surface area contributed by atoms with Crippen molar-refractivity contribution in [2.24, 2.45) is 35.3 Å². The number of hydrogen-bond donors (Lipinski definition) is 3. The molecule has 3 fully saturated rings. The minimum absolute atomic E-state index is 0.151. The predicted octanol–water partition coefficient (Wildman–Crippen LogP) is 2.75. The summed E-state index contributed by atoms with van der Waals surface area (Å²) in [6.07, 6.45) is 8.40. The van der Waals surface area contributed by atoms with Gasteiger partial charge in [-0.05, 0) is 68.7 Å². The number of likely N-dealkylation sites (tertiary alicyclic amines) is 1. The van der Waals surface area contributed by atoms with Crippen LogP contribution in [0.3, 0.4) is 0 Å². The van der Waals surface area contributed by atoms with Crippen LogP contribution in [0.5, 0.6) is 0 Å². The fraction of sp³-hybridized carbons (Fsp3) is 0.905. The van der Waals surface area contributed by atoms with E-state index in [1.807, 2.05) is 6.92 Å². The van der Waals surface area contributed by atoms with Gasteiger partial charge in [0, 0.05) is 24.7 Å². The molecule has 4 heteroatoms. The van der Waals surface area contributed by atoms with Crippen molar-refractivity contribution >= 4 is 0 Å². The minimum Gasteiger partial charge on any atom is -0.390 e. The monoisotopic (exact) mass is 350 g/mol. The molecule has 0 bridgehead atoms. The van der Waals surface area contributed by atoms with Crippen LogP contribution in [0.1, 0.15) is 58.3 Å². The Balaban J connectivity index is 1.49. The van der Waals surface area contributed by atoms with Crippen molar-refractivity contribution in [3.05, 3.63) is 12.3 Å². The van der Waals surface area contributed by atoms with E-state index in [4.69, 9.17) is 5.73 Å². The Morgan fingerprint density at radius 2 is 1.76 bits per heavy atom. The van der Waals surface area contributed by atoms with Gasteiger partial charge in [-0.1, -0.05) is 26.3 Å². The molecule has 1 heterocycles. The van der Waals surface area contributed by atoms with Crippen molar-refractivity contribution in [2.75, 3.05) is 19.6 Å². The second-order valence-corrected chi connectivity index (χ2v) is 9.05. The summed E-state index contributed by atoms with van der Waals surface area (Å²) in [6.45, 7) is 9.49. The highest BCUT2D eigenvalue weighted by Crippen LogP contribution is 2.40. The van der Waals surface area contributed by atoms with Crippen LogP contribution in [-0.2, 0) is 0 Å². The molecule has 3 rings (SSSR count). The third-order valence-corrected chi connectivity index (χ3v) is 7.40. The number of piperidine rings is 1. The van der Waals surface area contributed by atoms with E-state index in [0.29, 0.717) is 12.3 Å². The van der Waals surface area contributed by atoms with Crippen molar-refractivity contribution < 1.29 is 10.2 Å². The summed E-state index contributed by atoms with van der Waals surface area (Å²) in [5.41, 5.74) is 7.11. The maximum Gasteiger partial charge on any atom is 0.0825 e. The molecular formula is C21H38N2O2. The molecule has 3 aliphatic rings. The standard InChI is InChI=1S/C21H38N2O2/c1-14-10-19(12-20(24)21(14)25)15(2)23-8-6-17(7-9-23)18-5-3-4-16(11-18)13-22/h14,16-21,24-25H,2-13,22H2,1H3. The van der Waals surface area contributed by atoms with Gasteiger partial charge in [0.2, 0.25) is 0 Å². The Bertz CT molecular complexity index is 435. The van der Waals surface area contributed by atoms with Crippen LogP contribution in [0.25, 0.3) is 0 Å². The molecule has 6 unspecified atom stereocenters. The number of aliphatic hydroxyl groups is 2. The summed E-state index contributed by atoms with van der Waals surface area (Å²) >= 11 is 0. The van der Waals surface area contributed by atoms with Gasteiger partial charge >= 0.3 is 0 Å². The van der Waals surface area contributed by atoms with Crippen molar-refractivity contribution in [3.63, 3.8) is 0 Å². The molecule has 2 aliphatic carbocycles. The van der Waals surface area contributed by atoms with Gasteiger partial charge in [-0.25, -0.2) is 0 Å². The molecule has 0 aromatic carbocycles. The lowest BCUT2D eigenvalue weighted by Crippen LogP contribution is -2.44. The number of allylic oxidation sites excluding steroid dienone is 1. The van der Waals surface area contributed by atoms with Crippen molar-refractivity contribution in [3.8, 4) is 0 Å². The maximum atomic E-state index is 10.1. The normalized spacial score (nSPS) is 40.9. The van der Waals surface area contributed by atoms with E-state index in [-0.39, 0.29) is 5.92 Å². The molecule has 0 aromatic heterocycles. The summed E-state index contributed by atoms with van der Waals surface area (Å²) < 4.78 is 0. The third kappa shape index (κ3) is 4.40. The quantitative estimate of drug-likeness (QED) is 0.729. The van der Waals surface area contributed by atoms with Crippen LogP contribution >= 0.6 is 0 Å². The van der Waals surface area contributed by atoms with Crippen LogP contribution in [-0.4, -0.2) is 47.0 Å². The van der Waals surface area contributed by atoms with Crippen LogP contribution in [0.15, 0.2) is 12.3 Å². The van der Waals surface area contributed by atoms with Crippen LogP contribution in [0, 0.1) is 29.6 Å². The number of aliphatic hydroxyl groups excluding tert-OH is 2. The van der Waals surface area contributed by atoms with E-state index >= 15 is 0 Å². The molecule has 0 amide bonds. The zero-order valence-corrected chi connectivity index (χ0v) is 15.9. The highest BCUT2D eigenvalue weighted by Gasteiger charge is 2.37. The topological polar surface area (TPSA) is 69.7 Å². The first kappa shape index (κ1) is 19.2. The molecule has 1 aliphatic heterocycles. The molecule has 6 atom stereocenters. The number of hydrogen-bond acceptors (Lipinski definition) is 4. The van der Waals surface area contributed by atoms with Crippen LogP contribution in [0.4, 0.5) is 0 Å². The second kappa shape index (κ2) is 8.41. The molecule has 25 heavy (non-hydrogen) atoms. The predicted molar refractivity (Wildman–Crippen MR) is 102 cm³/mol. The molecule has 0 aromatic rings. The Morgan fingerprint density at radius 3 is 2.40 bits per heavy atom. The second-order valence-electron chi connectivity index (χ2n) is 9.05. The van der Waals surface area contributed by atoms with E-state index in [1.165, 1.54) is 44.2 Å². The average Bonchev–Trinajstić information content (AvgIpc) is 2.65. The largest absolute Gasteiger partial charge is 0.390 e. The maximum absolute atomic E-state index is 10.1. The fourth-order valence-corrected chi connectivity index (χ4v) is 5.66. The number of nitrogens with zero attached hydrogens (tertiary/aromatic N) is 1. The number of nitrogens with two attached hydrogens (primary N) is 1. The first-order valence-corrected chi connectivity index (χ1v) is 10.5. The SMILES string of the molecule is C=C(C1CC(C)C(O)C(O)C1)N1CCC(C2CCCC(CN)C2)CC1. The highest BCUT2D eigenvalue weighted by molar-refractivity contribution is 5.05. The zero-order chi connectivity index (χ0) is 18.0. The molecule has 4 nitrogen and oxygen atoms in total. The summed E-state index contributed by atoms with van der Waals surface area (Å²) in [4.78, 5) is 2.46. The lowest BCUT2D eigenvalue weighted by molar-refractivity contribution is -0.0550. The Labute approximate surface area is 153 Å². The van der Waals surface area contributed by atoms with Crippen LogP contribution < -0.4 is 5.73 Å². The van der Waals surface area contributed by atoms with Gasteiger partial charge in [-0.15, -0.1) is 0 Å². The minimum atomic E-state index is -0.599. The zero-order valence-electron chi connectivity index (χ0n) is 15.9. The molecular weight excluding hydrogens is 312 g/mol. The van der Waals surface area contributed by atoms with Gasteiger partial charge in [0.1, 0.15) is 0 Å². The van der Waals surface area contributed by atoms with Gasteiger partial charge in [-0.3, -0.25) is 0 Å². The highest BCUT2D eigenvalue weighted by atomic mass is 16.3. The van der Waals surface area contributed by atoms with Gasteiger partial charge < -0.3 is 20.8 Å². The van der Waals surface area contributed by atoms with Crippen molar-refractivity contribution in [2.45, 2.75) is 70.5 Å². The van der Waals surface area contributed by atoms with E-state index in [9.17, 15) is 10.2 Å². The molecule has 144 valence electrons. The Hall–Kier alpha value is -0.580. The molecule has 1 saturated heterocycles. The third-order valence-electron chi connectivity index (χ3n) is 7.40. The number of rotatable bonds is 4. The fourth-order valence-electron chi connectivity index (χ4n) is 5.66. The summed E-state index contributed by atoms with van der Waals surface area (Å²) in [5, 5.41) is 20.1. The average molecular weight is 351 g/mol. The first-order valence-electron chi connectivity index (χ1n) is 10.5. The summed E-state index contributed by atoms with van der Waals surface area (Å²) in [6, 6.07) is 0. The smallest absolute Gasteiger partial charge is 0.0825 e. The van der Waals surface area contributed by atoms with E-state index in [2.05, 4.69) is 11.5 Å². The lowest BCUT2D eigenvalue weighted by atomic mass is 9.71. The Morgan fingerprint density at radius 1 is 1.04 bits per heavy atom. The Kier molecular flexibility index (Phi) is 6.45.